The molecule has 1 unspecified atom stereocenters. The second kappa shape index (κ2) is 12.1. The van der Waals surface area contributed by atoms with E-state index in [9.17, 15) is 0 Å². The SMILES string of the molecule is Cc1ccc(-c2ccc3n2C2=CC=CC(C2)c2cc(cc(-n4c5ccccc5c5ccccc54)c2)-n2c4c(c5ccc(cc52)-c2ccc-3cc2)CCC=C4)cc1. The van der Waals surface area contributed by atoms with E-state index in [2.05, 4.69) is 197 Å². The summed E-state index contributed by atoms with van der Waals surface area (Å²) >= 11 is 0. The third kappa shape index (κ3) is 4.70. The number of allylic oxidation sites excluding steroid dienone is 5. The Morgan fingerprint density at radius 3 is 1.91 bits per heavy atom. The molecule has 0 amide bonds. The van der Waals surface area contributed by atoms with Gasteiger partial charge in [0.05, 0.1) is 27.9 Å². The first-order chi connectivity index (χ1) is 27.7. The van der Waals surface area contributed by atoms with Crippen molar-refractivity contribution in [2.75, 3.05) is 0 Å². The Bertz CT molecular complexity index is 3100. The van der Waals surface area contributed by atoms with Crippen molar-refractivity contribution in [1.82, 2.24) is 13.7 Å². The van der Waals surface area contributed by atoms with Gasteiger partial charge in [-0.25, -0.2) is 0 Å². The van der Waals surface area contributed by atoms with E-state index in [1.54, 1.807) is 0 Å². The number of para-hydroxylation sites is 2. The third-order valence-corrected chi connectivity index (χ3v) is 12.5. The van der Waals surface area contributed by atoms with Crippen LogP contribution in [0.1, 0.15) is 41.1 Å². The summed E-state index contributed by atoms with van der Waals surface area (Å²) in [5, 5.41) is 3.90. The largest absolute Gasteiger partial charge is 0.313 e. The Morgan fingerprint density at radius 1 is 0.536 bits per heavy atom. The van der Waals surface area contributed by atoms with Crippen LogP contribution in [0.25, 0.3) is 89.5 Å². The van der Waals surface area contributed by atoms with Crippen molar-refractivity contribution >= 4 is 44.5 Å². The molecule has 0 fully saturated rings. The van der Waals surface area contributed by atoms with Crippen molar-refractivity contribution in [2.24, 2.45) is 0 Å². The van der Waals surface area contributed by atoms with Gasteiger partial charge >= 0.3 is 0 Å². The first-order valence-electron chi connectivity index (χ1n) is 19.9. The van der Waals surface area contributed by atoms with Gasteiger partial charge in [0.2, 0.25) is 0 Å². The monoisotopic (exact) mass is 717 g/mol. The van der Waals surface area contributed by atoms with Crippen LogP contribution in [0.4, 0.5) is 0 Å². The maximum absolute atomic E-state index is 2.55. The van der Waals surface area contributed by atoms with E-state index in [0.717, 1.165) is 19.3 Å². The molecule has 56 heavy (non-hydrogen) atoms. The van der Waals surface area contributed by atoms with E-state index in [1.165, 1.54) is 106 Å². The van der Waals surface area contributed by atoms with Crippen LogP contribution in [-0.2, 0) is 6.42 Å². The molecule has 0 spiro atoms. The molecule has 0 saturated carbocycles. The van der Waals surface area contributed by atoms with Crippen molar-refractivity contribution in [3.05, 3.63) is 192 Å². The molecular formula is C53H39N3. The fraction of sp³-hybridized carbons (Fsp3) is 0.0943. The molecule has 3 aromatic heterocycles. The second-order valence-electron chi connectivity index (χ2n) is 15.8. The average molecular weight is 718 g/mol. The smallest absolute Gasteiger partial charge is 0.0543 e. The maximum atomic E-state index is 2.55. The van der Waals surface area contributed by atoms with E-state index in [1.807, 2.05) is 0 Å². The molecule has 3 heteroatoms. The van der Waals surface area contributed by atoms with E-state index >= 15 is 0 Å². The average Bonchev–Trinajstić information content (AvgIpc) is 3.94. The number of hydrogen-bond donors (Lipinski definition) is 0. The zero-order valence-electron chi connectivity index (χ0n) is 31.3. The van der Waals surface area contributed by atoms with Gasteiger partial charge in [0.15, 0.2) is 0 Å². The summed E-state index contributed by atoms with van der Waals surface area (Å²) in [5.74, 6) is 0.168. The van der Waals surface area contributed by atoms with Crippen LogP contribution in [0.15, 0.2) is 170 Å². The molecule has 8 bridgehead atoms. The van der Waals surface area contributed by atoms with Crippen LogP contribution in [0, 0.1) is 6.92 Å². The lowest BCUT2D eigenvalue weighted by Crippen LogP contribution is -2.10. The molecule has 2 aliphatic heterocycles. The molecule has 0 saturated heterocycles. The van der Waals surface area contributed by atoms with Crippen molar-refractivity contribution in [3.8, 4) is 45.0 Å². The Labute approximate surface area is 326 Å². The first kappa shape index (κ1) is 31.5. The molecule has 5 heterocycles. The van der Waals surface area contributed by atoms with Crippen LogP contribution in [0.2, 0.25) is 0 Å². The van der Waals surface area contributed by atoms with Crippen molar-refractivity contribution in [1.29, 1.82) is 0 Å². The highest BCUT2D eigenvalue weighted by atomic mass is 15.0. The normalized spacial score (nSPS) is 15.5. The Kier molecular flexibility index (Phi) is 6.80. The zero-order chi connectivity index (χ0) is 36.9. The minimum absolute atomic E-state index is 0.168. The van der Waals surface area contributed by atoms with Gasteiger partial charge in [-0.2, -0.15) is 0 Å². The van der Waals surface area contributed by atoms with Gasteiger partial charge in [-0.05, 0) is 120 Å². The van der Waals surface area contributed by atoms with Crippen molar-refractivity contribution in [2.45, 2.75) is 32.1 Å². The first-order valence-corrected chi connectivity index (χ1v) is 19.9. The van der Waals surface area contributed by atoms with Gasteiger partial charge in [0, 0.05) is 44.8 Å². The number of nitrogens with zero attached hydrogens (tertiary/aromatic N) is 3. The van der Waals surface area contributed by atoms with E-state index in [0.29, 0.717) is 0 Å². The lowest BCUT2D eigenvalue weighted by atomic mass is 9.89. The van der Waals surface area contributed by atoms with E-state index in [-0.39, 0.29) is 5.92 Å². The summed E-state index contributed by atoms with van der Waals surface area (Å²) in [4.78, 5) is 0. The fourth-order valence-electron chi connectivity index (χ4n) is 9.80. The molecular weight excluding hydrogens is 679 g/mol. The summed E-state index contributed by atoms with van der Waals surface area (Å²) < 4.78 is 7.55. The molecule has 2 aliphatic carbocycles. The van der Waals surface area contributed by atoms with Crippen LogP contribution < -0.4 is 0 Å². The molecule has 0 N–H and O–H groups in total. The van der Waals surface area contributed by atoms with Crippen LogP contribution in [0.3, 0.4) is 0 Å². The van der Waals surface area contributed by atoms with Crippen LogP contribution >= 0.6 is 0 Å². The lowest BCUT2D eigenvalue weighted by molar-refractivity contribution is 0.825. The van der Waals surface area contributed by atoms with Crippen LogP contribution in [0.5, 0.6) is 0 Å². The molecule has 13 rings (SSSR count). The van der Waals surface area contributed by atoms with E-state index in [4.69, 9.17) is 0 Å². The molecule has 4 aliphatic rings. The van der Waals surface area contributed by atoms with Gasteiger partial charge in [-0.15, -0.1) is 0 Å². The number of hydrogen-bond acceptors (Lipinski definition) is 0. The summed E-state index contributed by atoms with van der Waals surface area (Å²) in [6.07, 6.45) is 14.7. The van der Waals surface area contributed by atoms with Gasteiger partial charge in [-0.3, -0.25) is 0 Å². The zero-order valence-corrected chi connectivity index (χ0v) is 31.3. The summed E-state index contributed by atoms with van der Waals surface area (Å²) in [6.45, 7) is 2.16. The van der Waals surface area contributed by atoms with Gasteiger partial charge in [0.25, 0.3) is 0 Å². The molecule has 266 valence electrons. The molecule has 0 radical (unpaired) electrons. The fourth-order valence-corrected chi connectivity index (χ4v) is 9.80. The highest BCUT2D eigenvalue weighted by Gasteiger charge is 2.25. The standard InChI is InChI=1S/C53H39N3/c1-34-17-19-36(20-18-34)48-27-28-49-37-23-21-35(22-24-37)39-25-26-47-46-13-4-7-16-52(46)56(53(47)32-39)43-31-40(38-9-8-10-41(29-38)54(48)49)30-42(33-43)55-50-14-5-2-11-44(50)45-12-3-6-15-51(45)55/h2-3,5-12,14-28,30-33,38H,4,13,29H2,1H3. The molecule has 6 aromatic carbocycles. The van der Waals surface area contributed by atoms with Crippen molar-refractivity contribution in [3.63, 3.8) is 0 Å². The molecule has 3 nitrogen and oxygen atoms in total. The third-order valence-electron chi connectivity index (χ3n) is 12.5. The van der Waals surface area contributed by atoms with E-state index < -0.39 is 0 Å². The topological polar surface area (TPSA) is 14.8 Å². The molecule has 1 atom stereocenters. The van der Waals surface area contributed by atoms with Crippen LogP contribution in [-0.4, -0.2) is 13.7 Å². The molecule has 9 aromatic rings. The van der Waals surface area contributed by atoms with Gasteiger partial charge < -0.3 is 13.7 Å². The van der Waals surface area contributed by atoms with Gasteiger partial charge in [-0.1, -0.05) is 121 Å². The Hall–Kier alpha value is -6.84. The highest BCUT2D eigenvalue weighted by Crippen LogP contribution is 2.43. The summed E-state index contributed by atoms with van der Waals surface area (Å²) in [7, 11) is 0. The number of aromatic nitrogens is 3. The second-order valence-corrected chi connectivity index (χ2v) is 15.8. The quantitative estimate of drug-likeness (QED) is 0.169. The Morgan fingerprint density at radius 2 is 1.18 bits per heavy atom. The number of benzene rings is 6. The minimum Gasteiger partial charge on any atom is -0.313 e. The lowest BCUT2D eigenvalue weighted by Gasteiger charge is -2.25. The predicted octanol–water partition coefficient (Wildman–Crippen LogP) is 13.7. The summed E-state index contributed by atoms with van der Waals surface area (Å²) in [6, 6.07) is 55.0. The van der Waals surface area contributed by atoms with Crippen molar-refractivity contribution < 1.29 is 0 Å². The van der Waals surface area contributed by atoms with Gasteiger partial charge in [0.1, 0.15) is 0 Å². The minimum atomic E-state index is 0.168. The maximum Gasteiger partial charge on any atom is 0.0543 e. The predicted molar refractivity (Wildman–Crippen MR) is 235 cm³/mol. The number of aryl methyl sites for hydroxylation is 2. The number of rotatable bonds is 2. The number of fused-ring (bicyclic) bond motifs is 7. The summed E-state index contributed by atoms with van der Waals surface area (Å²) in [5.41, 5.74) is 20.0. The highest BCUT2D eigenvalue weighted by molar-refractivity contribution is 6.09. The Balaban J connectivity index is 1.16.